The minimum absolute atomic E-state index is 0.143. The smallest absolute Gasteiger partial charge is 0.410 e. The molecule has 13 nitrogen and oxygen atoms in total. The number of aliphatic hydroxyl groups excluding tert-OH is 2. The van der Waals surface area contributed by atoms with Gasteiger partial charge < -0.3 is 44.5 Å². The fraction of sp³-hybridized carbons (Fsp3) is 0.912. The molecule has 0 saturated carbocycles. The topological polar surface area (TPSA) is 170 Å². The second-order valence-electron chi connectivity index (χ2n) is 15.0. The molecule has 3 heterocycles. The van der Waals surface area contributed by atoms with Crippen LogP contribution in [0.1, 0.15) is 81.6 Å². The Morgan fingerprint density at radius 3 is 2.21 bits per heavy atom. The van der Waals surface area contributed by atoms with Crippen molar-refractivity contribution in [1.82, 2.24) is 9.80 Å². The fourth-order valence-electron chi connectivity index (χ4n) is 8.13. The first kappa shape index (κ1) is 39.6. The third kappa shape index (κ3) is 7.97. The Balaban J connectivity index is 2.14. The molecule has 3 aliphatic rings. The van der Waals surface area contributed by atoms with Crippen molar-refractivity contribution in [2.75, 3.05) is 27.7 Å². The summed E-state index contributed by atoms with van der Waals surface area (Å²) in [7, 11) is 5.27. The van der Waals surface area contributed by atoms with Gasteiger partial charge in [0.15, 0.2) is 11.9 Å². The number of fused-ring (bicyclic) bond motifs is 1. The number of amides is 1. The molecule has 3 fully saturated rings. The minimum atomic E-state index is -1.37. The summed E-state index contributed by atoms with van der Waals surface area (Å²) in [5, 5.41) is 23.1. The molecular formula is C34H61N3O10. The summed E-state index contributed by atoms with van der Waals surface area (Å²) >= 11 is 0. The minimum Gasteiger partial charge on any atom is -0.458 e. The van der Waals surface area contributed by atoms with Crippen molar-refractivity contribution < 1.29 is 48.3 Å². The van der Waals surface area contributed by atoms with E-state index in [9.17, 15) is 24.6 Å². The van der Waals surface area contributed by atoms with E-state index in [-0.39, 0.29) is 30.9 Å². The monoisotopic (exact) mass is 671 g/mol. The van der Waals surface area contributed by atoms with E-state index >= 15 is 0 Å². The molecule has 47 heavy (non-hydrogen) atoms. The van der Waals surface area contributed by atoms with Crippen molar-refractivity contribution in [2.45, 2.75) is 148 Å². The quantitative estimate of drug-likeness (QED) is 0.338. The third-order valence-electron chi connectivity index (χ3n) is 10.9. The number of hydrogen-bond acceptors (Lipinski definition) is 12. The molecule has 1 amide bonds. The Labute approximate surface area is 280 Å². The Morgan fingerprint density at radius 1 is 1.06 bits per heavy atom. The molecule has 3 rings (SSSR count). The van der Waals surface area contributed by atoms with Crippen molar-refractivity contribution in [3.8, 4) is 0 Å². The maximum Gasteiger partial charge on any atom is 0.410 e. The summed E-state index contributed by atoms with van der Waals surface area (Å²) < 4.78 is 30.9. The van der Waals surface area contributed by atoms with Crippen LogP contribution in [0.3, 0.4) is 0 Å². The average molecular weight is 672 g/mol. The molecule has 13 heteroatoms. The number of rotatable bonds is 7. The summed E-state index contributed by atoms with van der Waals surface area (Å²) in [6.45, 7) is 16.0. The number of methoxy groups -OCH3 is 1. The number of hydrogen-bond donors (Lipinski definition) is 3. The lowest BCUT2D eigenvalue weighted by Crippen LogP contribution is -2.61. The van der Waals surface area contributed by atoms with Gasteiger partial charge in [0, 0.05) is 43.5 Å². The first-order valence-electron chi connectivity index (χ1n) is 17.1. The number of aliphatic hydroxyl groups is 2. The molecule has 0 aromatic heterocycles. The number of cyclic esters (lactones) is 1. The van der Waals surface area contributed by atoms with Crippen LogP contribution in [0.2, 0.25) is 0 Å². The van der Waals surface area contributed by atoms with Crippen molar-refractivity contribution in [3.63, 3.8) is 0 Å². The van der Waals surface area contributed by atoms with Gasteiger partial charge in [-0.2, -0.15) is 0 Å². The Kier molecular flexibility index (Phi) is 12.9. The number of likely N-dealkylation sites (N-methyl/N-ethyl adjacent to an activating group) is 1. The molecule has 0 bridgehead atoms. The van der Waals surface area contributed by atoms with Crippen molar-refractivity contribution >= 4 is 17.8 Å². The van der Waals surface area contributed by atoms with Gasteiger partial charge >= 0.3 is 12.1 Å². The zero-order valence-electron chi connectivity index (χ0n) is 30.5. The van der Waals surface area contributed by atoms with Gasteiger partial charge in [-0.15, -0.1) is 0 Å². The van der Waals surface area contributed by atoms with E-state index in [0.717, 1.165) is 0 Å². The Morgan fingerprint density at radius 2 is 1.68 bits per heavy atom. The average Bonchev–Trinajstić information content (AvgIpc) is 3.25. The van der Waals surface area contributed by atoms with Gasteiger partial charge in [-0.25, -0.2) is 4.79 Å². The molecule has 272 valence electrons. The van der Waals surface area contributed by atoms with E-state index in [4.69, 9.17) is 29.4 Å². The van der Waals surface area contributed by atoms with Crippen LogP contribution in [0.5, 0.6) is 0 Å². The molecule has 15 atom stereocenters. The van der Waals surface area contributed by atoms with E-state index in [1.165, 1.54) is 12.0 Å². The van der Waals surface area contributed by atoms with Crippen molar-refractivity contribution in [3.05, 3.63) is 0 Å². The van der Waals surface area contributed by atoms with Gasteiger partial charge in [0.1, 0.15) is 18.0 Å². The fourth-order valence-corrected chi connectivity index (χ4v) is 8.13. The van der Waals surface area contributed by atoms with Gasteiger partial charge in [0.2, 0.25) is 0 Å². The number of nitrogens with zero attached hydrogens (tertiary/aromatic N) is 2. The normalized spacial score (nSPS) is 44.9. The third-order valence-corrected chi connectivity index (χ3v) is 10.9. The first-order valence-corrected chi connectivity index (χ1v) is 17.1. The first-order chi connectivity index (χ1) is 21.7. The van der Waals surface area contributed by atoms with Gasteiger partial charge in [0.05, 0.1) is 35.9 Å². The lowest BCUT2D eigenvalue weighted by molar-refractivity contribution is -0.301. The maximum absolute atomic E-state index is 14.4. The zero-order chi connectivity index (χ0) is 35.8. The number of ketones is 1. The van der Waals surface area contributed by atoms with E-state index in [1.54, 1.807) is 48.5 Å². The highest BCUT2D eigenvalue weighted by molar-refractivity contribution is 5.85. The van der Waals surface area contributed by atoms with Crippen LogP contribution in [-0.2, 0) is 33.3 Å². The SMILES string of the molecule is CC[C@@H]1OC(=O)[C@H](C)[C@@H](O)[C@H](C)[C@@H](O[C@@H]2O[C@H](C)C[C@H](N(C)C)[C@H]2O)[C@](C)(OC)C[C@@H](C)C(=O)[C@H](C)[C@H]2N(C[C@@H](C)N)C(=O)O[C@]12C. The van der Waals surface area contributed by atoms with Crippen molar-refractivity contribution in [1.29, 1.82) is 0 Å². The largest absolute Gasteiger partial charge is 0.458 e. The number of esters is 1. The predicted molar refractivity (Wildman–Crippen MR) is 174 cm³/mol. The molecule has 0 aliphatic carbocycles. The number of nitrogens with two attached hydrogens (primary N) is 1. The van der Waals surface area contributed by atoms with Crippen molar-refractivity contribution in [2.24, 2.45) is 29.4 Å². The molecule has 0 aromatic carbocycles. The van der Waals surface area contributed by atoms with Crippen LogP contribution in [0.4, 0.5) is 4.79 Å². The van der Waals surface area contributed by atoms with E-state index in [0.29, 0.717) is 12.8 Å². The molecule has 0 aromatic rings. The highest BCUT2D eigenvalue weighted by Crippen LogP contribution is 2.43. The van der Waals surface area contributed by atoms with Gasteiger partial charge in [-0.05, 0) is 68.0 Å². The molecule has 0 unspecified atom stereocenters. The van der Waals surface area contributed by atoms with Gasteiger partial charge in [-0.3, -0.25) is 14.5 Å². The van der Waals surface area contributed by atoms with E-state index in [2.05, 4.69) is 0 Å². The number of Topliss-reactive ketones (excluding diaryl/α,β-unsaturated/α-hetero) is 1. The zero-order valence-corrected chi connectivity index (χ0v) is 30.5. The van der Waals surface area contributed by atoms with Crippen LogP contribution in [-0.4, -0.2) is 132 Å². The highest BCUT2D eigenvalue weighted by Gasteiger charge is 2.60. The van der Waals surface area contributed by atoms with Crippen LogP contribution in [0, 0.1) is 23.7 Å². The summed E-state index contributed by atoms with van der Waals surface area (Å²) in [6, 6.07) is -1.44. The van der Waals surface area contributed by atoms with Gasteiger partial charge in [0.25, 0.3) is 0 Å². The number of carbonyl (C=O) groups is 3. The van der Waals surface area contributed by atoms with E-state index in [1.807, 2.05) is 32.8 Å². The highest BCUT2D eigenvalue weighted by atomic mass is 16.7. The molecular weight excluding hydrogens is 610 g/mol. The van der Waals surface area contributed by atoms with Crippen LogP contribution in [0.25, 0.3) is 0 Å². The Hall–Kier alpha value is -1.87. The lowest BCUT2D eigenvalue weighted by atomic mass is 9.73. The molecule has 4 N–H and O–H groups in total. The second kappa shape index (κ2) is 15.3. The summed E-state index contributed by atoms with van der Waals surface area (Å²) in [5.74, 6) is -3.93. The molecule has 3 saturated heterocycles. The second-order valence-corrected chi connectivity index (χ2v) is 15.0. The number of ether oxygens (including phenoxy) is 5. The molecule has 0 spiro atoms. The lowest BCUT2D eigenvalue weighted by Gasteiger charge is -2.48. The van der Waals surface area contributed by atoms with Gasteiger partial charge in [-0.1, -0.05) is 27.7 Å². The maximum atomic E-state index is 14.4. The standard InChI is InChI=1S/C34H61N3O10/c1-13-24-34(9)28(37(16-18(3)35)32(42)47-34)20(5)25(38)17(2)15-33(8,43-12)29(21(6)26(39)22(7)30(41)45-24)46-31-27(40)23(36(10)11)14-19(4)44-31/h17-24,26-29,31,39-40H,13-16,35H2,1-12H3/t17-,18-,19-,20+,21+,22-,23+,24+,26+,27-,28-,29-,31+,33-,34-/m1/s1. The molecule has 3 aliphatic heterocycles. The summed E-state index contributed by atoms with van der Waals surface area (Å²) in [6.07, 6.45) is -5.00. The van der Waals surface area contributed by atoms with Crippen LogP contribution < -0.4 is 5.73 Å². The van der Waals surface area contributed by atoms with E-state index < -0.39 is 89.7 Å². The predicted octanol–water partition coefficient (Wildman–Crippen LogP) is 2.33. The number of carbonyl (C=O) groups excluding carboxylic acids is 3. The summed E-state index contributed by atoms with van der Waals surface area (Å²) in [5.41, 5.74) is 3.58. The molecule has 0 radical (unpaired) electrons. The van der Waals surface area contributed by atoms with Crippen LogP contribution in [0.15, 0.2) is 0 Å². The Bertz CT molecular complexity index is 1110. The van der Waals surface area contributed by atoms with Crippen LogP contribution >= 0.6 is 0 Å². The summed E-state index contributed by atoms with van der Waals surface area (Å²) in [4.78, 5) is 44.9.